The molecule has 1 aliphatic heterocycles. The maximum Gasteiger partial charge on any atom is 0.246 e. The van der Waals surface area contributed by atoms with Gasteiger partial charge < -0.3 is 40.6 Å². The van der Waals surface area contributed by atoms with Crippen LogP contribution in [0.1, 0.15) is 38.4 Å². The van der Waals surface area contributed by atoms with E-state index in [0.29, 0.717) is 33.0 Å². The summed E-state index contributed by atoms with van der Waals surface area (Å²) < 4.78 is 16.0. The monoisotopic (exact) mass is 655 g/mol. The minimum absolute atomic E-state index is 0. The Morgan fingerprint density at radius 2 is 1.73 bits per heavy atom. The number of ether oxygens (including phenoxy) is 3. The van der Waals surface area contributed by atoms with Crippen molar-refractivity contribution >= 4 is 41.5 Å². The number of aryl methyl sites for hydroxylation is 1. The van der Waals surface area contributed by atoms with Crippen LogP contribution in [0.3, 0.4) is 0 Å². The highest BCUT2D eigenvalue weighted by atomic mass is 35.5. The molecule has 3 amide bonds. The fourth-order valence-corrected chi connectivity index (χ4v) is 5.48. The van der Waals surface area contributed by atoms with Crippen LogP contribution in [0, 0.1) is 12.3 Å². The van der Waals surface area contributed by atoms with Crippen LogP contribution < -0.4 is 16.4 Å². The van der Waals surface area contributed by atoms with Gasteiger partial charge in [0.1, 0.15) is 18.7 Å². The molecule has 1 aromatic heterocycles. The number of hydrogen-bond donors (Lipinski definition) is 4. The van der Waals surface area contributed by atoms with Crippen molar-refractivity contribution in [2.75, 3.05) is 52.7 Å². The van der Waals surface area contributed by atoms with Gasteiger partial charge in [0.15, 0.2) is 0 Å². The van der Waals surface area contributed by atoms with Gasteiger partial charge in [0, 0.05) is 26.1 Å². The van der Waals surface area contributed by atoms with Crippen molar-refractivity contribution in [1.82, 2.24) is 20.5 Å². The first-order valence-electron chi connectivity index (χ1n) is 14.5. The van der Waals surface area contributed by atoms with Gasteiger partial charge >= 0.3 is 0 Å². The third kappa shape index (κ3) is 11.4. The molecule has 0 spiro atoms. The molecule has 3 atom stereocenters. The molecule has 1 aromatic carbocycles. The molecule has 1 saturated heterocycles. The Bertz CT molecular complexity index is 1190. The average molecular weight is 656 g/mol. The van der Waals surface area contributed by atoms with Crippen LogP contribution in [0.4, 0.5) is 0 Å². The van der Waals surface area contributed by atoms with Crippen LogP contribution in [-0.4, -0.2) is 104 Å². The standard InChI is InChI=1S/C30H45N5O7S.ClH/c1-20-26(43-19-33-20)22-7-5-21(6-8-22)16-32-28(38)24-15-23(36)17-35(24)29(39)27(30(2,3)4)34-25(37)18-42-14-13-41-12-11-40-10-9-31;/h5-8,19,23-24,27,36H,9-18,31H2,1-4H3,(H,32,38)(H,34,37);1H/t23-,24+,27?;/m1./s1. The number of carbonyl (C=O) groups is 3. The number of aliphatic hydroxyl groups excluding tert-OH is 1. The van der Waals surface area contributed by atoms with Gasteiger partial charge in [-0.15, -0.1) is 23.7 Å². The zero-order valence-electron chi connectivity index (χ0n) is 25.9. The molecule has 3 rings (SSSR count). The van der Waals surface area contributed by atoms with E-state index in [1.54, 1.807) is 11.3 Å². The van der Waals surface area contributed by atoms with Gasteiger partial charge in [-0.1, -0.05) is 45.0 Å². The number of rotatable bonds is 16. The van der Waals surface area contributed by atoms with Crippen LogP contribution in [0.2, 0.25) is 0 Å². The number of carbonyl (C=O) groups excluding carboxylic acids is 3. The molecule has 2 heterocycles. The van der Waals surface area contributed by atoms with Crippen molar-refractivity contribution in [2.24, 2.45) is 11.1 Å². The Labute approximate surface area is 269 Å². The lowest BCUT2D eigenvalue weighted by Gasteiger charge is -2.35. The average Bonchev–Trinajstić information content (AvgIpc) is 3.58. The van der Waals surface area contributed by atoms with Crippen LogP contribution in [0.15, 0.2) is 29.8 Å². The van der Waals surface area contributed by atoms with E-state index in [1.165, 1.54) is 4.90 Å². The Kier molecular flexibility index (Phi) is 15.7. The second-order valence-corrected chi connectivity index (χ2v) is 12.4. The maximum absolute atomic E-state index is 13.7. The van der Waals surface area contributed by atoms with Crippen LogP contribution in [-0.2, 0) is 35.1 Å². The van der Waals surface area contributed by atoms with Crippen LogP contribution in [0.5, 0.6) is 0 Å². The first-order valence-corrected chi connectivity index (χ1v) is 15.4. The largest absolute Gasteiger partial charge is 0.391 e. The SMILES string of the molecule is Cc1ncsc1-c1ccc(CNC(=O)[C@@H]2C[C@@H](O)CN2C(=O)C(NC(=O)COCCOCCOCCN)C(C)(C)C)cc1.Cl. The van der Waals surface area contributed by atoms with E-state index in [1.807, 2.05) is 57.5 Å². The first-order chi connectivity index (χ1) is 20.5. The summed E-state index contributed by atoms with van der Waals surface area (Å²) in [5, 5.41) is 16.1. The number of β-amino-alcohol motifs (C(OH)–C–C–N with tert-alkyl or cyclic N) is 1. The van der Waals surface area contributed by atoms with E-state index < -0.39 is 35.4 Å². The lowest BCUT2D eigenvalue weighted by Crippen LogP contribution is -2.58. The van der Waals surface area contributed by atoms with Gasteiger partial charge in [0.25, 0.3) is 0 Å². The number of aromatic nitrogens is 1. The molecule has 44 heavy (non-hydrogen) atoms. The molecule has 12 nitrogen and oxygen atoms in total. The highest BCUT2D eigenvalue weighted by Crippen LogP contribution is 2.28. The van der Waals surface area contributed by atoms with E-state index in [2.05, 4.69) is 15.6 Å². The molecule has 1 aliphatic rings. The molecule has 0 aliphatic carbocycles. The molecule has 0 radical (unpaired) electrons. The van der Waals surface area contributed by atoms with E-state index >= 15 is 0 Å². The molecule has 5 N–H and O–H groups in total. The zero-order chi connectivity index (χ0) is 31.4. The number of thiazole rings is 1. The minimum atomic E-state index is -0.928. The van der Waals surface area contributed by atoms with E-state index in [0.717, 1.165) is 21.7 Å². The summed E-state index contributed by atoms with van der Waals surface area (Å²) in [6.07, 6.45) is -0.728. The van der Waals surface area contributed by atoms with Crippen molar-refractivity contribution in [2.45, 2.75) is 58.8 Å². The smallest absolute Gasteiger partial charge is 0.246 e. The van der Waals surface area contributed by atoms with Crippen LogP contribution in [0.25, 0.3) is 10.4 Å². The molecule has 14 heteroatoms. The van der Waals surface area contributed by atoms with Crippen molar-refractivity contribution in [3.05, 3.63) is 41.0 Å². The lowest BCUT2D eigenvalue weighted by molar-refractivity contribution is -0.144. The minimum Gasteiger partial charge on any atom is -0.391 e. The zero-order valence-corrected chi connectivity index (χ0v) is 27.5. The van der Waals surface area contributed by atoms with Crippen molar-refractivity contribution < 1.29 is 33.7 Å². The van der Waals surface area contributed by atoms with Gasteiger partial charge in [0.2, 0.25) is 17.7 Å². The summed E-state index contributed by atoms with van der Waals surface area (Å²) >= 11 is 1.58. The molecular weight excluding hydrogens is 610 g/mol. The summed E-state index contributed by atoms with van der Waals surface area (Å²) in [5.41, 5.74) is 9.44. The van der Waals surface area contributed by atoms with E-state index in [9.17, 15) is 19.5 Å². The number of nitrogens with zero attached hydrogens (tertiary/aromatic N) is 2. The van der Waals surface area contributed by atoms with Gasteiger partial charge in [0.05, 0.1) is 55.2 Å². The Morgan fingerprint density at radius 1 is 1.09 bits per heavy atom. The third-order valence-corrected chi connectivity index (χ3v) is 7.93. The van der Waals surface area contributed by atoms with Crippen molar-refractivity contribution in [3.8, 4) is 10.4 Å². The number of amides is 3. The molecule has 246 valence electrons. The quantitative estimate of drug-likeness (QED) is 0.197. The number of hydrogen-bond acceptors (Lipinski definition) is 10. The van der Waals surface area contributed by atoms with E-state index in [-0.39, 0.29) is 51.0 Å². The number of halogens is 1. The molecule has 1 fully saturated rings. The van der Waals surface area contributed by atoms with Crippen molar-refractivity contribution in [3.63, 3.8) is 0 Å². The Morgan fingerprint density at radius 3 is 2.32 bits per heavy atom. The molecule has 0 bridgehead atoms. The summed E-state index contributed by atoms with van der Waals surface area (Å²) in [6.45, 7) is 9.72. The summed E-state index contributed by atoms with van der Waals surface area (Å²) in [6, 6.07) is 6.08. The fourth-order valence-electron chi connectivity index (χ4n) is 4.67. The number of benzene rings is 1. The molecule has 0 saturated carbocycles. The Balaban J connectivity index is 0.00000675. The summed E-state index contributed by atoms with van der Waals surface area (Å²) in [5.74, 6) is -1.25. The number of likely N-dealkylation sites (tertiary alicyclic amines) is 1. The Hall–Kier alpha value is -2.65. The second-order valence-electron chi connectivity index (χ2n) is 11.5. The number of nitrogens with one attached hydrogen (secondary N) is 2. The molecular formula is C30H46ClN5O7S. The van der Waals surface area contributed by atoms with Gasteiger partial charge in [-0.25, -0.2) is 4.98 Å². The van der Waals surface area contributed by atoms with Crippen molar-refractivity contribution in [1.29, 1.82) is 0 Å². The van der Waals surface area contributed by atoms with Gasteiger partial charge in [-0.05, 0) is 23.5 Å². The third-order valence-electron chi connectivity index (χ3n) is 6.95. The highest BCUT2D eigenvalue weighted by Gasteiger charge is 2.44. The first kappa shape index (κ1) is 37.5. The topological polar surface area (TPSA) is 165 Å². The highest BCUT2D eigenvalue weighted by molar-refractivity contribution is 7.13. The predicted molar refractivity (Wildman–Crippen MR) is 170 cm³/mol. The predicted octanol–water partition coefficient (Wildman–Crippen LogP) is 1.66. The lowest BCUT2D eigenvalue weighted by atomic mass is 9.85. The fraction of sp³-hybridized carbons (Fsp3) is 0.600. The second kappa shape index (κ2) is 18.4. The summed E-state index contributed by atoms with van der Waals surface area (Å²) in [7, 11) is 0. The van der Waals surface area contributed by atoms with Gasteiger partial charge in [-0.3, -0.25) is 14.4 Å². The maximum atomic E-state index is 13.7. The number of aliphatic hydroxyl groups is 1. The number of nitrogens with two attached hydrogens (primary N) is 1. The molecule has 1 unspecified atom stereocenters. The molecule has 2 aromatic rings. The summed E-state index contributed by atoms with van der Waals surface area (Å²) in [4.78, 5) is 46.4. The van der Waals surface area contributed by atoms with Gasteiger partial charge in [-0.2, -0.15) is 0 Å². The van der Waals surface area contributed by atoms with E-state index in [4.69, 9.17) is 19.9 Å². The normalized spacial score (nSPS) is 17.2. The van der Waals surface area contributed by atoms with Crippen LogP contribution >= 0.6 is 23.7 Å².